The van der Waals surface area contributed by atoms with E-state index in [0.29, 0.717) is 0 Å². The van der Waals surface area contributed by atoms with Crippen LogP contribution in [0.25, 0.3) is 0 Å². The van der Waals surface area contributed by atoms with Gasteiger partial charge in [-0.1, -0.05) is 13.8 Å². The first-order valence-electron chi connectivity index (χ1n) is 6.58. The molecule has 0 aromatic heterocycles. The maximum atomic E-state index is 3.87. The molecule has 2 aliphatic rings. The van der Waals surface area contributed by atoms with Crippen molar-refractivity contribution in [3.8, 4) is 0 Å². The van der Waals surface area contributed by atoms with Gasteiger partial charge in [-0.15, -0.1) is 0 Å². The van der Waals surface area contributed by atoms with Crippen molar-refractivity contribution in [1.29, 1.82) is 0 Å². The molecule has 2 rings (SSSR count). The molecule has 1 aliphatic carbocycles. The van der Waals surface area contributed by atoms with E-state index in [-0.39, 0.29) is 0 Å². The van der Waals surface area contributed by atoms with E-state index in [1.54, 1.807) is 0 Å². The van der Waals surface area contributed by atoms with E-state index in [2.05, 4.69) is 31.1 Å². The first-order chi connectivity index (χ1) is 7.13. The quantitative estimate of drug-likeness (QED) is 0.751. The summed E-state index contributed by atoms with van der Waals surface area (Å²) >= 11 is 0. The summed E-state index contributed by atoms with van der Waals surface area (Å²) in [4.78, 5) is 2.44. The molecule has 3 unspecified atom stereocenters. The van der Waals surface area contributed by atoms with Crippen molar-refractivity contribution in [2.45, 2.75) is 51.6 Å². The highest BCUT2D eigenvalue weighted by Crippen LogP contribution is 2.29. The molecule has 2 fully saturated rings. The van der Waals surface area contributed by atoms with Gasteiger partial charge in [0.05, 0.1) is 0 Å². The van der Waals surface area contributed by atoms with Crippen LogP contribution in [0.5, 0.6) is 0 Å². The molecule has 15 heavy (non-hydrogen) atoms. The van der Waals surface area contributed by atoms with Crippen LogP contribution >= 0.6 is 0 Å². The van der Waals surface area contributed by atoms with Gasteiger partial charge in [0.2, 0.25) is 0 Å². The summed E-state index contributed by atoms with van der Waals surface area (Å²) < 4.78 is 0. The van der Waals surface area contributed by atoms with Crippen LogP contribution in [0, 0.1) is 11.8 Å². The third-order valence-corrected chi connectivity index (χ3v) is 4.04. The Balaban J connectivity index is 1.78. The molecule has 2 heteroatoms. The highest BCUT2D eigenvalue weighted by Gasteiger charge is 2.27. The Morgan fingerprint density at radius 1 is 1.00 bits per heavy atom. The summed E-state index contributed by atoms with van der Waals surface area (Å²) in [6, 6.07) is 1.55. The second kappa shape index (κ2) is 4.84. The van der Waals surface area contributed by atoms with E-state index in [4.69, 9.17) is 0 Å². The van der Waals surface area contributed by atoms with Crippen LogP contribution in [0.2, 0.25) is 0 Å². The van der Waals surface area contributed by atoms with Crippen molar-refractivity contribution >= 4 is 0 Å². The molecule has 0 aromatic carbocycles. The number of likely N-dealkylation sites (N-methyl/N-ethyl adjacent to an activating group) is 1. The van der Waals surface area contributed by atoms with Crippen molar-refractivity contribution < 1.29 is 0 Å². The van der Waals surface area contributed by atoms with Gasteiger partial charge in [0.1, 0.15) is 0 Å². The average molecular weight is 210 g/mol. The Labute approximate surface area is 94.4 Å². The van der Waals surface area contributed by atoms with Gasteiger partial charge >= 0.3 is 0 Å². The average Bonchev–Trinajstić information content (AvgIpc) is 2.49. The van der Waals surface area contributed by atoms with Crippen LogP contribution in [-0.2, 0) is 0 Å². The molecule has 1 aliphatic heterocycles. The smallest absolute Gasteiger partial charge is 0.0209 e. The Morgan fingerprint density at radius 2 is 1.67 bits per heavy atom. The fourth-order valence-electron chi connectivity index (χ4n) is 3.49. The molecular formula is C13H26N2. The predicted octanol–water partition coefficient (Wildman–Crippen LogP) is 2.10. The van der Waals surface area contributed by atoms with Crippen LogP contribution in [0.3, 0.4) is 0 Å². The lowest BCUT2D eigenvalue weighted by Gasteiger charge is -2.33. The second-order valence-electron chi connectivity index (χ2n) is 6.03. The highest BCUT2D eigenvalue weighted by molar-refractivity contribution is 4.86. The molecule has 3 atom stereocenters. The van der Waals surface area contributed by atoms with Crippen LogP contribution in [0.15, 0.2) is 0 Å². The number of nitrogens with zero attached hydrogens (tertiary/aromatic N) is 1. The Hall–Kier alpha value is -0.0800. The number of likely N-dealkylation sites (tertiary alicyclic amines) is 1. The molecule has 1 N–H and O–H groups in total. The molecule has 1 saturated carbocycles. The molecule has 1 saturated heterocycles. The third-order valence-electron chi connectivity index (χ3n) is 4.04. The highest BCUT2D eigenvalue weighted by atomic mass is 15.2. The van der Waals surface area contributed by atoms with Crippen LogP contribution in [0.4, 0.5) is 0 Å². The minimum Gasteiger partial charge on any atom is -0.310 e. The minimum atomic E-state index is 0.762. The van der Waals surface area contributed by atoms with Gasteiger partial charge in [-0.25, -0.2) is 0 Å². The fraction of sp³-hybridized carbons (Fsp3) is 1.00. The van der Waals surface area contributed by atoms with Gasteiger partial charge in [0, 0.05) is 18.6 Å². The molecule has 0 radical (unpaired) electrons. The second-order valence-corrected chi connectivity index (χ2v) is 6.03. The maximum Gasteiger partial charge on any atom is 0.0209 e. The van der Waals surface area contributed by atoms with Crippen LogP contribution < -0.4 is 5.32 Å². The maximum absolute atomic E-state index is 3.87. The Kier molecular flexibility index (Phi) is 3.68. The summed E-state index contributed by atoms with van der Waals surface area (Å²) in [6.07, 6.45) is 5.56. The lowest BCUT2D eigenvalue weighted by atomic mass is 9.80. The van der Waals surface area contributed by atoms with E-state index in [0.717, 1.165) is 23.9 Å². The summed E-state index contributed by atoms with van der Waals surface area (Å²) in [5, 5.41) is 3.87. The topological polar surface area (TPSA) is 15.3 Å². The van der Waals surface area contributed by atoms with E-state index in [1.807, 2.05) is 0 Å². The van der Waals surface area contributed by atoms with Crippen molar-refractivity contribution in [2.24, 2.45) is 11.8 Å². The standard InChI is InChI=1S/C13H26N2/c1-10-6-11(2)8-13(7-10)14-12-4-5-15(3)9-12/h10-14H,4-9H2,1-3H3. The fourth-order valence-corrected chi connectivity index (χ4v) is 3.49. The van der Waals surface area contributed by atoms with Crippen molar-refractivity contribution in [1.82, 2.24) is 10.2 Å². The number of nitrogens with one attached hydrogen (secondary N) is 1. The van der Waals surface area contributed by atoms with E-state index >= 15 is 0 Å². The molecule has 0 bridgehead atoms. The zero-order chi connectivity index (χ0) is 10.8. The van der Waals surface area contributed by atoms with Crippen molar-refractivity contribution in [3.05, 3.63) is 0 Å². The lowest BCUT2D eigenvalue weighted by Crippen LogP contribution is -2.43. The van der Waals surface area contributed by atoms with Gasteiger partial charge in [-0.3, -0.25) is 0 Å². The Bertz CT molecular complexity index is 195. The van der Waals surface area contributed by atoms with Gasteiger partial charge < -0.3 is 10.2 Å². The van der Waals surface area contributed by atoms with Gasteiger partial charge in [-0.05, 0) is 51.1 Å². The van der Waals surface area contributed by atoms with Crippen molar-refractivity contribution in [2.75, 3.05) is 20.1 Å². The van der Waals surface area contributed by atoms with E-state index in [9.17, 15) is 0 Å². The third kappa shape index (κ3) is 3.18. The molecule has 1 heterocycles. The minimum absolute atomic E-state index is 0.762. The zero-order valence-corrected chi connectivity index (χ0v) is 10.5. The SMILES string of the molecule is CC1CC(C)CC(NC2CCN(C)C2)C1. The van der Waals surface area contributed by atoms with Gasteiger partial charge in [0.15, 0.2) is 0 Å². The molecule has 2 nitrogen and oxygen atoms in total. The summed E-state index contributed by atoms with van der Waals surface area (Å²) in [5.41, 5.74) is 0. The number of hydrogen-bond acceptors (Lipinski definition) is 2. The first-order valence-corrected chi connectivity index (χ1v) is 6.58. The normalized spacial score (nSPS) is 43.4. The first kappa shape index (κ1) is 11.4. The summed E-state index contributed by atoms with van der Waals surface area (Å²) in [6.45, 7) is 7.34. The monoisotopic (exact) mass is 210 g/mol. The number of rotatable bonds is 2. The van der Waals surface area contributed by atoms with Crippen LogP contribution in [-0.4, -0.2) is 37.1 Å². The molecule has 0 spiro atoms. The molecule has 0 amide bonds. The lowest BCUT2D eigenvalue weighted by molar-refractivity contribution is 0.225. The zero-order valence-electron chi connectivity index (χ0n) is 10.5. The van der Waals surface area contributed by atoms with Gasteiger partial charge in [-0.2, -0.15) is 0 Å². The summed E-state index contributed by atoms with van der Waals surface area (Å²) in [7, 11) is 2.23. The predicted molar refractivity (Wildman–Crippen MR) is 65.0 cm³/mol. The van der Waals surface area contributed by atoms with Gasteiger partial charge in [0.25, 0.3) is 0 Å². The molecule has 0 aromatic rings. The van der Waals surface area contributed by atoms with Crippen molar-refractivity contribution in [3.63, 3.8) is 0 Å². The number of hydrogen-bond donors (Lipinski definition) is 1. The van der Waals surface area contributed by atoms with Crippen LogP contribution in [0.1, 0.15) is 39.5 Å². The van der Waals surface area contributed by atoms with E-state index < -0.39 is 0 Å². The largest absolute Gasteiger partial charge is 0.310 e. The molecule has 88 valence electrons. The summed E-state index contributed by atoms with van der Waals surface area (Å²) in [5.74, 6) is 1.84. The molecular weight excluding hydrogens is 184 g/mol. The Morgan fingerprint density at radius 3 is 2.20 bits per heavy atom. The van der Waals surface area contributed by atoms with E-state index in [1.165, 1.54) is 38.8 Å².